The first-order valence-electron chi connectivity index (χ1n) is 5.84. The maximum atomic E-state index is 12.5. The summed E-state index contributed by atoms with van der Waals surface area (Å²) in [6, 6.07) is 0. The summed E-state index contributed by atoms with van der Waals surface area (Å²) in [6.07, 6.45) is -4.49. The first kappa shape index (κ1) is 14.8. The average Bonchev–Trinajstić information content (AvgIpc) is 2.86. The lowest BCUT2D eigenvalue weighted by atomic mass is 9.96. The number of alkyl halides is 3. The molecule has 0 radical (unpaired) electrons. The monoisotopic (exact) mass is 308 g/mol. The highest BCUT2D eigenvalue weighted by molar-refractivity contribution is 7.11. The Hall–Kier alpha value is -1.64. The summed E-state index contributed by atoms with van der Waals surface area (Å²) in [6.45, 7) is 0.00991. The van der Waals surface area contributed by atoms with E-state index < -0.39 is 24.0 Å². The molecule has 1 saturated heterocycles. The van der Waals surface area contributed by atoms with Crippen molar-refractivity contribution in [3.8, 4) is 0 Å². The predicted molar refractivity (Wildman–Crippen MR) is 63.8 cm³/mol. The fraction of sp³-hybridized carbons (Fsp3) is 0.545. The summed E-state index contributed by atoms with van der Waals surface area (Å²) in [4.78, 5) is 27.6. The maximum absolute atomic E-state index is 12.5. The molecule has 1 amide bonds. The maximum Gasteiger partial charge on any atom is 0.391 e. The molecule has 2 heterocycles. The molecule has 1 aromatic heterocycles. The molecule has 2 rings (SSSR count). The van der Waals surface area contributed by atoms with E-state index in [-0.39, 0.29) is 36.6 Å². The number of likely N-dealkylation sites (tertiary alicyclic amines) is 1. The number of aromatic carboxylic acids is 1. The van der Waals surface area contributed by atoms with E-state index in [2.05, 4.69) is 4.98 Å². The standard InChI is InChI=1S/C11H11F3N2O3S/c12-11(13,14)6-1-3-16(4-2-6)9(17)8-15-7(5-20-8)10(18)19/h5-6H,1-4H2,(H,18,19). The second-order valence-electron chi connectivity index (χ2n) is 4.45. The summed E-state index contributed by atoms with van der Waals surface area (Å²) < 4.78 is 37.5. The topological polar surface area (TPSA) is 70.5 Å². The summed E-state index contributed by atoms with van der Waals surface area (Å²) in [7, 11) is 0. The van der Waals surface area contributed by atoms with Gasteiger partial charge in [-0.3, -0.25) is 4.79 Å². The normalized spacial score (nSPS) is 17.2. The van der Waals surface area contributed by atoms with Gasteiger partial charge in [-0.25, -0.2) is 9.78 Å². The Morgan fingerprint density at radius 1 is 1.35 bits per heavy atom. The van der Waals surface area contributed by atoms with Gasteiger partial charge in [0.05, 0.1) is 5.92 Å². The Kier molecular flexibility index (Phi) is 3.98. The van der Waals surface area contributed by atoms with Crippen LogP contribution in [-0.2, 0) is 0 Å². The van der Waals surface area contributed by atoms with Crippen LogP contribution in [0.5, 0.6) is 0 Å². The smallest absolute Gasteiger partial charge is 0.391 e. The van der Waals surface area contributed by atoms with E-state index in [1.165, 1.54) is 10.3 Å². The van der Waals surface area contributed by atoms with E-state index in [1.807, 2.05) is 0 Å². The van der Waals surface area contributed by atoms with Crippen molar-refractivity contribution in [1.82, 2.24) is 9.88 Å². The molecular weight excluding hydrogens is 297 g/mol. The molecule has 1 aromatic rings. The number of thiazole rings is 1. The molecular formula is C11H11F3N2O3S. The minimum Gasteiger partial charge on any atom is -0.476 e. The molecule has 20 heavy (non-hydrogen) atoms. The van der Waals surface area contributed by atoms with Crippen LogP contribution in [0.1, 0.15) is 33.1 Å². The van der Waals surface area contributed by atoms with Crippen molar-refractivity contribution in [2.45, 2.75) is 19.0 Å². The number of nitrogens with zero attached hydrogens (tertiary/aromatic N) is 2. The Morgan fingerprint density at radius 3 is 2.40 bits per heavy atom. The van der Waals surface area contributed by atoms with Gasteiger partial charge in [0.1, 0.15) is 0 Å². The van der Waals surface area contributed by atoms with Crippen LogP contribution in [0.15, 0.2) is 5.38 Å². The SMILES string of the molecule is O=C(O)c1csc(C(=O)N2CCC(C(F)(F)F)CC2)n1. The van der Waals surface area contributed by atoms with Crippen molar-refractivity contribution in [2.24, 2.45) is 5.92 Å². The average molecular weight is 308 g/mol. The second kappa shape index (κ2) is 5.39. The van der Waals surface area contributed by atoms with Crippen molar-refractivity contribution < 1.29 is 27.9 Å². The van der Waals surface area contributed by atoms with Gasteiger partial charge in [-0.1, -0.05) is 0 Å². The minimum absolute atomic E-state index is 0.00496. The van der Waals surface area contributed by atoms with Crippen LogP contribution in [0, 0.1) is 5.92 Å². The number of carbonyl (C=O) groups excluding carboxylic acids is 1. The van der Waals surface area contributed by atoms with Crippen LogP contribution < -0.4 is 0 Å². The van der Waals surface area contributed by atoms with E-state index in [9.17, 15) is 22.8 Å². The molecule has 0 unspecified atom stereocenters. The Balaban J connectivity index is 1.99. The number of piperidine rings is 1. The number of carboxylic acid groups (broad SMARTS) is 1. The highest BCUT2D eigenvalue weighted by Crippen LogP contribution is 2.34. The van der Waals surface area contributed by atoms with E-state index in [0.29, 0.717) is 0 Å². The largest absolute Gasteiger partial charge is 0.476 e. The molecule has 0 spiro atoms. The van der Waals surface area contributed by atoms with Crippen LogP contribution >= 0.6 is 11.3 Å². The third-order valence-electron chi connectivity index (χ3n) is 3.15. The van der Waals surface area contributed by atoms with E-state index >= 15 is 0 Å². The van der Waals surface area contributed by atoms with Crippen molar-refractivity contribution >= 4 is 23.2 Å². The Bertz CT molecular complexity index is 521. The number of amides is 1. The van der Waals surface area contributed by atoms with Crippen molar-refractivity contribution in [2.75, 3.05) is 13.1 Å². The van der Waals surface area contributed by atoms with Gasteiger partial charge in [-0.05, 0) is 12.8 Å². The Labute approximate surface area is 116 Å². The van der Waals surface area contributed by atoms with Crippen molar-refractivity contribution in [3.63, 3.8) is 0 Å². The van der Waals surface area contributed by atoms with Crippen LogP contribution in [0.2, 0.25) is 0 Å². The number of halogens is 3. The number of hydrogen-bond donors (Lipinski definition) is 1. The minimum atomic E-state index is -4.23. The molecule has 1 aliphatic heterocycles. The molecule has 0 aromatic carbocycles. The second-order valence-corrected chi connectivity index (χ2v) is 5.31. The quantitative estimate of drug-likeness (QED) is 0.909. The molecule has 0 saturated carbocycles. The third-order valence-corrected chi connectivity index (χ3v) is 3.98. The predicted octanol–water partition coefficient (Wildman–Crippen LogP) is 2.26. The van der Waals surface area contributed by atoms with Gasteiger partial charge in [0.25, 0.3) is 5.91 Å². The summed E-state index contributed by atoms with van der Waals surface area (Å²) in [5.41, 5.74) is -0.233. The van der Waals surface area contributed by atoms with Gasteiger partial charge in [0, 0.05) is 18.5 Å². The molecule has 110 valence electrons. The zero-order valence-corrected chi connectivity index (χ0v) is 11.0. The molecule has 5 nitrogen and oxygen atoms in total. The number of carboxylic acids is 1. The summed E-state index contributed by atoms with van der Waals surface area (Å²) in [5.74, 6) is -3.13. The van der Waals surface area contributed by atoms with Gasteiger partial charge in [-0.15, -0.1) is 11.3 Å². The third kappa shape index (κ3) is 3.09. The van der Waals surface area contributed by atoms with Crippen LogP contribution in [0.4, 0.5) is 13.2 Å². The highest BCUT2D eigenvalue weighted by atomic mass is 32.1. The zero-order chi connectivity index (χ0) is 14.9. The molecule has 1 fully saturated rings. The fourth-order valence-electron chi connectivity index (χ4n) is 2.02. The lowest BCUT2D eigenvalue weighted by Gasteiger charge is -2.32. The van der Waals surface area contributed by atoms with Gasteiger partial charge >= 0.3 is 12.1 Å². The summed E-state index contributed by atoms with van der Waals surface area (Å²) in [5, 5.41) is 9.94. The van der Waals surface area contributed by atoms with Gasteiger partial charge in [-0.2, -0.15) is 13.2 Å². The van der Waals surface area contributed by atoms with Gasteiger partial charge < -0.3 is 10.0 Å². The van der Waals surface area contributed by atoms with Crippen molar-refractivity contribution in [3.05, 3.63) is 16.1 Å². The van der Waals surface area contributed by atoms with E-state index in [1.54, 1.807) is 0 Å². The molecule has 1 aliphatic rings. The number of hydrogen-bond acceptors (Lipinski definition) is 4. The number of carbonyl (C=O) groups is 2. The molecule has 0 atom stereocenters. The van der Waals surface area contributed by atoms with Crippen LogP contribution in [0.3, 0.4) is 0 Å². The van der Waals surface area contributed by atoms with Gasteiger partial charge in [0.15, 0.2) is 10.7 Å². The molecule has 1 N–H and O–H groups in total. The molecule has 9 heteroatoms. The zero-order valence-electron chi connectivity index (χ0n) is 10.2. The lowest BCUT2D eigenvalue weighted by Crippen LogP contribution is -2.42. The molecule has 0 aliphatic carbocycles. The van der Waals surface area contributed by atoms with Crippen molar-refractivity contribution in [1.29, 1.82) is 0 Å². The van der Waals surface area contributed by atoms with Crippen LogP contribution in [-0.4, -0.2) is 46.1 Å². The first-order chi connectivity index (χ1) is 9.29. The fourth-order valence-corrected chi connectivity index (χ4v) is 2.77. The number of aromatic nitrogens is 1. The number of rotatable bonds is 2. The van der Waals surface area contributed by atoms with E-state index in [0.717, 1.165) is 11.3 Å². The van der Waals surface area contributed by atoms with Crippen LogP contribution in [0.25, 0.3) is 0 Å². The lowest BCUT2D eigenvalue weighted by molar-refractivity contribution is -0.183. The Morgan fingerprint density at radius 2 is 1.95 bits per heavy atom. The molecule has 0 bridgehead atoms. The highest BCUT2D eigenvalue weighted by Gasteiger charge is 2.42. The van der Waals surface area contributed by atoms with E-state index in [4.69, 9.17) is 5.11 Å². The van der Waals surface area contributed by atoms with Gasteiger partial charge in [0.2, 0.25) is 0 Å². The first-order valence-corrected chi connectivity index (χ1v) is 6.72. The summed E-state index contributed by atoms with van der Waals surface area (Å²) >= 11 is 0.881.